The summed E-state index contributed by atoms with van der Waals surface area (Å²) < 4.78 is 24.6. The van der Waals surface area contributed by atoms with Crippen molar-refractivity contribution in [2.75, 3.05) is 19.0 Å². The predicted octanol–water partition coefficient (Wildman–Crippen LogP) is 2.90. The van der Waals surface area contributed by atoms with Gasteiger partial charge in [0.2, 0.25) is 0 Å². The molecule has 1 aromatic heterocycles. The number of nitrogens with zero attached hydrogens (tertiary/aromatic N) is 2. The van der Waals surface area contributed by atoms with E-state index in [1.165, 1.54) is 0 Å². The lowest BCUT2D eigenvalue weighted by Gasteiger charge is -2.11. The molecule has 0 spiro atoms. The molecule has 8 heteroatoms. The Bertz CT molecular complexity index is 700. The zero-order valence-corrected chi connectivity index (χ0v) is 14.3. The van der Waals surface area contributed by atoms with Crippen LogP contribution in [0.5, 0.6) is 11.8 Å². The summed E-state index contributed by atoms with van der Waals surface area (Å²) in [7, 11) is 1.58. The van der Waals surface area contributed by atoms with Crippen LogP contribution in [-0.2, 0) is 6.61 Å². The molecule has 2 N–H and O–H groups in total. The number of benzene rings is 1. The van der Waals surface area contributed by atoms with Crippen LogP contribution >= 0.6 is 12.2 Å². The van der Waals surface area contributed by atoms with Gasteiger partial charge < -0.3 is 20.1 Å². The standard InChI is InChI=1S/C16H19FN4O2S/c1-3-8-18-16(24)21-14-12(17)9-19-15(20-14)23-10-11-6-4-5-7-13(11)22-2/h4-7,9H,3,8,10H2,1-2H3,(H2,18,19,20,21,24). The van der Waals surface area contributed by atoms with Gasteiger partial charge in [0.15, 0.2) is 16.7 Å². The van der Waals surface area contributed by atoms with Crippen LogP contribution < -0.4 is 20.1 Å². The molecule has 2 rings (SSSR count). The Hall–Kier alpha value is -2.48. The highest BCUT2D eigenvalue weighted by Gasteiger charge is 2.10. The quantitative estimate of drug-likeness (QED) is 0.744. The Labute approximate surface area is 145 Å². The van der Waals surface area contributed by atoms with E-state index in [-0.39, 0.29) is 18.4 Å². The fourth-order valence-corrected chi connectivity index (χ4v) is 2.06. The van der Waals surface area contributed by atoms with Crippen molar-refractivity contribution in [1.82, 2.24) is 15.3 Å². The highest BCUT2D eigenvalue weighted by molar-refractivity contribution is 7.80. The minimum atomic E-state index is -0.611. The van der Waals surface area contributed by atoms with Crippen molar-refractivity contribution in [3.8, 4) is 11.8 Å². The lowest BCUT2D eigenvalue weighted by Crippen LogP contribution is -2.29. The van der Waals surface area contributed by atoms with E-state index in [1.54, 1.807) is 7.11 Å². The van der Waals surface area contributed by atoms with Gasteiger partial charge in [0.25, 0.3) is 0 Å². The molecular formula is C16H19FN4O2S. The van der Waals surface area contributed by atoms with Crippen molar-refractivity contribution in [2.45, 2.75) is 20.0 Å². The summed E-state index contributed by atoms with van der Waals surface area (Å²) in [5.74, 6) is 0.0526. The predicted molar refractivity (Wildman–Crippen MR) is 93.8 cm³/mol. The minimum Gasteiger partial charge on any atom is -0.496 e. The number of thiocarbonyl (C=S) groups is 1. The maximum Gasteiger partial charge on any atom is 0.318 e. The third-order valence-corrected chi connectivity index (χ3v) is 3.29. The first-order chi connectivity index (χ1) is 11.6. The molecule has 1 aromatic carbocycles. The van der Waals surface area contributed by atoms with E-state index in [1.807, 2.05) is 31.2 Å². The Balaban J connectivity index is 2.03. The summed E-state index contributed by atoms with van der Waals surface area (Å²) in [5, 5.41) is 5.93. The number of hydrogen-bond acceptors (Lipinski definition) is 5. The van der Waals surface area contributed by atoms with Gasteiger partial charge in [-0.25, -0.2) is 9.37 Å². The highest BCUT2D eigenvalue weighted by atomic mass is 32.1. The monoisotopic (exact) mass is 350 g/mol. The van der Waals surface area contributed by atoms with Crippen LogP contribution in [0.15, 0.2) is 30.5 Å². The third-order valence-electron chi connectivity index (χ3n) is 3.04. The largest absolute Gasteiger partial charge is 0.496 e. The second-order valence-electron chi connectivity index (χ2n) is 4.83. The molecule has 0 amide bonds. The third kappa shape index (κ3) is 5.02. The van der Waals surface area contributed by atoms with Crippen LogP contribution in [0.3, 0.4) is 0 Å². The van der Waals surface area contributed by atoms with Crippen molar-refractivity contribution in [1.29, 1.82) is 0 Å². The molecular weight excluding hydrogens is 331 g/mol. The topological polar surface area (TPSA) is 68.3 Å². The first kappa shape index (κ1) is 17.9. The molecule has 0 aliphatic carbocycles. The Morgan fingerprint density at radius 2 is 2.12 bits per heavy atom. The SMILES string of the molecule is CCCNC(=S)Nc1nc(OCc2ccccc2OC)ncc1F. The molecule has 2 aromatic rings. The van der Waals surface area contributed by atoms with Gasteiger partial charge in [-0.3, -0.25) is 0 Å². The Morgan fingerprint density at radius 1 is 1.33 bits per heavy atom. The van der Waals surface area contributed by atoms with Crippen LogP contribution in [0, 0.1) is 5.82 Å². The van der Waals surface area contributed by atoms with Gasteiger partial charge in [-0.1, -0.05) is 25.1 Å². The van der Waals surface area contributed by atoms with Gasteiger partial charge in [-0.15, -0.1) is 0 Å². The van der Waals surface area contributed by atoms with E-state index in [2.05, 4.69) is 20.6 Å². The lowest BCUT2D eigenvalue weighted by atomic mass is 10.2. The first-order valence-electron chi connectivity index (χ1n) is 7.46. The summed E-state index contributed by atoms with van der Waals surface area (Å²) in [5.41, 5.74) is 0.836. The number of nitrogens with one attached hydrogen (secondary N) is 2. The molecule has 24 heavy (non-hydrogen) atoms. The molecule has 128 valence electrons. The maximum absolute atomic E-state index is 13.8. The molecule has 0 aliphatic heterocycles. The van der Waals surface area contributed by atoms with E-state index in [9.17, 15) is 4.39 Å². The van der Waals surface area contributed by atoms with Gasteiger partial charge >= 0.3 is 6.01 Å². The summed E-state index contributed by atoms with van der Waals surface area (Å²) in [4.78, 5) is 7.83. The van der Waals surface area contributed by atoms with E-state index in [4.69, 9.17) is 21.7 Å². The number of rotatable bonds is 7. The summed E-state index contributed by atoms with van der Waals surface area (Å²) in [6.07, 6.45) is 1.94. The van der Waals surface area contributed by atoms with Crippen molar-refractivity contribution in [3.63, 3.8) is 0 Å². The average molecular weight is 350 g/mol. The molecule has 0 fully saturated rings. The number of ether oxygens (including phenoxy) is 2. The van der Waals surface area contributed by atoms with E-state index in [0.29, 0.717) is 17.4 Å². The minimum absolute atomic E-state index is 0.0337. The van der Waals surface area contributed by atoms with Gasteiger partial charge in [0, 0.05) is 12.1 Å². The van der Waals surface area contributed by atoms with Crippen LogP contribution in [-0.4, -0.2) is 28.7 Å². The normalized spacial score (nSPS) is 10.1. The summed E-state index contributed by atoms with van der Waals surface area (Å²) in [6.45, 7) is 2.90. The summed E-state index contributed by atoms with van der Waals surface area (Å²) >= 11 is 5.07. The lowest BCUT2D eigenvalue weighted by molar-refractivity contribution is 0.273. The van der Waals surface area contributed by atoms with E-state index < -0.39 is 5.82 Å². The molecule has 0 radical (unpaired) electrons. The van der Waals surface area contributed by atoms with E-state index >= 15 is 0 Å². The van der Waals surface area contributed by atoms with Crippen molar-refractivity contribution >= 4 is 23.1 Å². The van der Waals surface area contributed by atoms with Crippen molar-refractivity contribution < 1.29 is 13.9 Å². The van der Waals surface area contributed by atoms with Crippen LogP contribution in [0.2, 0.25) is 0 Å². The first-order valence-corrected chi connectivity index (χ1v) is 7.87. The van der Waals surface area contributed by atoms with E-state index in [0.717, 1.165) is 18.2 Å². The smallest absolute Gasteiger partial charge is 0.318 e. The Morgan fingerprint density at radius 3 is 2.88 bits per heavy atom. The highest BCUT2D eigenvalue weighted by Crippen LogP contribution is 2.20. The molecule has 0 bridgehead atoms. The van der Waals surface area contributed by atoms with Crippen molar-refractivity contribution in [3.05, 3.63) is 41.8 Å². The molecule has 0 saturated carbocycles. The number of anilines is 1. The zero-order chi connectivity index (χ0) is 17.4. The van der Waals surface area contributed by atoms with Crippen molar-refractivity contribution in [2.24, 2.45) is 0 Å². The van der Waals surface area contributed by atoms with Gasteiger partial charge in [-0.2, -0.15) is 4.98 Å². The molecule has 0 atom stereocenters. The van der Waals surface area contributed by atoms with Crippen LogP contribution in [0.1, 0.15) is 18.9 Å². The van der Waals surface area contributed by atoms with Gasteiger partial charge in [0.05, 0.1) is 13.3 Å². The molecule has 1 heterocycles. The number of halogens is 1. The van der Waals surface area contributed by atoms with Crippen LogP contribution in [0.25, 0.3) is 0 Å². The maximum atomic E-state index is 13.8. The molecule has 0 aliphatic rings. The molecule has 0 saturated heterocycles. The molecule has 6 nitrogen and oxygen atoms in total. The fourth-order valence-electron chi connectivity index (χ4n) is 1.86. The number of hydrogen-bond donors (Lipinski definition) is 2. The van der Waals surface area contributed by atoms with Gasteiger partial charge in [0.1, 0.15) is 12.4 Å². The molecule has 0 unspecified atom stereocenters. The number of para-hydroxylation sites is 1. The zero-order valence-electron chi connectivity index (χ0n) is 13.5. The van der Waals surface area contributed by atoms with Crippen LogP contribution in [0.4, 0.5) is 10.2 Å². The number of aromatic nitrogens is 2. The second kappa shape index (κ2) is 8.97. The summed E-state index contributed by atoms with van der Waals surface area (Å²) in [6, 6.07) is 7.48. The fraction of sp³-hybridized carbons (Fsp3) is 0.312. The second-order valence-corrected chi connectivity index (χ2v) is 5.24. The Kier molecular flexibility index (Phi) is 6.68. The average Bonchev–Trinajstić information content (AvgIpc) is 2.60. The number of methoxy groups -OCH3 is 1. The van der Waals surface area contributed by atoms with Gasteiger partial charge in [-0.05, 0) is 24.7 Å².